The lowest BCUT2D eigenvalue weighted by Crippen LogP contribution is -2.54. The van der Waals surface area contributed by atoms with E-state index < -0.39 is 28.5 Å². The Balaban J connectivity index is 1.84. The first-order chi connectivity index (χ1) is 21.0. The molecule has 4 aromatic carbocycles. The first-order valence-electron chi connectivity index (χ1n) is 14.2. The number of nitrogens with zero attached hydrogens (tertiary/aromatic N) is 2. The van der Waals surface area contributed by atoms with Crippen molar-refractivity contribution in [2.75, 3.05) is 10.8 Å². The van der Waals surface area contributed by atoms with E-state index in [2.05, 4.69) is 5.32 Å². The Hall–Kier alpha value is -3.85. The fraction of sp³-hybridized carbons (Fsp3) is 0.235. The highest BCUT2D eigenvalue weighted by Crippen LogP contribution is 2.33. The fourth-order valence-corrected chi connectivity index (χ4v) is 6.70. The van der Waals surface area contributed by atoms with E-state index in [1.165, 1.54) is 29.2 Å². The molecule has 0 fully saturated rings. The minimum atomic E-state index is -4.28. The average Bonchev–Trinajstić information content (AvgIpc) is 3.00. The Morgan fingerprint density at radius 3 is 2.09 bits per heavy atom. The Bertz CT molecular complexity index is 1700. The maximum Gasteiger partial charge on any atom is 0.264 e. The number of anilines is 1. The van der Waals surface area contributed by atoms with Crippen molar-refractivity contribution in [1.29, 1.82) is 0 Å². The molecular formula is C34H35Cl2N3O4S. The van der Waals surface area contributed by atoms with Gasteiger partial charge in [0.15, 0.2) is 0 Å². The maximum atomic E-state index is 14.5. The second-order valence-electron chi connectivity index (χ2n) is 10.7. The van der Waals surface area contributed by atoms with Crippen molar-refractivity contribution in [3.05, 3.63) is 130 Å². The third-order valence-corrected chi connectivity index (χ3v) is 9.42. The largest absolute Gasteiger partial charge is 0.352 e. The van der Waals surface area contributed by atoms with Gasteiger partial charge in [0.1, 0.15) is 12.6 Å². The highest BCUT2D eigenvalue weighted by molar-refractivity contribution is 7.92. The molecule has 0 heterocycles. The average molecular weight is 653 g/mol. The summed E-state index contributed by atoms with van der Waals surface area (Å²) in [5.74, 6) is -0.923. The lowest BCUT2D eigenvalue weighted by atomic mass is 10.0. The number of benzene rings is 4. The van der Waals surface area contributed by atoms with Crippen LogP contribution in [0.5, 0.6) is 0 Å². The smallest absolute Gasteiger partial charge is 0.264 e. The molecule has 0 aromatic heterocycles. The molecule has 0 saturated heterocycles. The summed E-state index contributed by atoms with van der Waals surface area (Å²) in [6.45, 7) is 5.08. The summed E-state index contributed by atoms with van der Waals surface area (Å²) in [5.41, 5.74) is 2.67. The number of aryl methyl sites for hydroxylation is 1. The zero-order chi connectivity index (χ0) is 31.9. The molecule has 0 unspecified atom stereocenters. The van der Waals surface area contributed by atoms with Crippen LogP contribution < -0.4 is 9.62 Å². The fourth-order valence-electron chi connectivity index (χ4n) is 4.82. The summed E-state index contributed by atoms with van der Waals surface area (Å²) in [5, 5.41) is 3.31. The van der Waals surface area contributed by atoms with E-state index in [1.807, 2.05) is 75.4 Å². The van der Waals surface area contributed by atoms with Gasteiger partial charge in [-0.2, -0.15) is 0 Å². The van der Waals surface area contributed by atoms with Crippen LogP contribution in [-0.4, -0.2) is 43.8 Å². The summed E-state index contributed by atoms with van der Waals surface area (Å²) in [7, 11) is -4.28. The normalized spacial score (nSPS) is 12.0. The van der Waals surface area contributed by atoms with Gasteiger partial charge in [-0.15, -0.1) is 0 Å². The molecular weight excluding hydrogens is 617 g/mol. The van der Waals surface area contributed by atoms with Crippen LogP contribution in [0.25, 0.3) is 0 Å². The summed E-state index contributed by atoms with van der Waals surface area (Å²) in [4.78, 5) is 29.7. The van der Waals surface area contributed by atoms with Gasteiger partial charge in [0, 0.05) is 24.0 Å². The van der Waals surface area contributed by atoms with Crippen molar-refractivity contribution in [2.45, 2.75) is 50.7 Å². The Kier molecular flexibility index (Phi) is 11.1. The van der Waals surface area contributed by atoms with Crippen molar-refractivity contribution >= 4 is 50.7 Å². The highest BCUT2D eigenvalue weighted by Gasteiger charge is 2.35. The first-order valence-corrected chi connectivity index (χ1v) is 16.4. The van der Waals surface area contributed by atoms with Crippen LogP contribution in [0.2, 0.25) is 10.0 Å². The minimum absolute atomic E-state index is 0.0207. The van der Waals surface area contributed by atoms with Crippen LogP contribution in [-0.2, 0) is 32.6 Å². The second-order valence-corrected chi connectivity index (χ2v) is 13.4. The number of hydrogen-bond donors (Lipinski definition) is 1. The van der Waals surface area contributed by atoms with Gasteiger partial charge in [-0.3, -0.25) is 13.9 Å². The van der Waals surface area contributed by atoms with Gasteiger partial charge in [0.25, 0.3) is 10.0 Å². The van der Waals surface area contributed by atoms with Gasteiger partial charge in [-0.05, 0) is 67.8 Å². The quantitative estimate of drug-likeness (QED) is 0.186. The number of hydrogen-bond acceptors (Lipinski definition) is 4. The van der Waals surface area contributed by atoms with Crippen molar-refractivity contribution in [2.24, 2.45) is 0 Å². The van der Waals surface area contributed by atoms with Crippen molar-refractivity contribution in [1.82, 2.24) is 10.2 Å². The van der Waals surface area contributed by atoms with Crippen LogP contribution >= 0.6 is 23.2 Å². The van der Waals surface area contributed by atoms with Crippen LogP contribution in [0.15, 0.2) is 108 Å². The third kappa shape index (κ3) is 8.20. The molecule has 0 bridgehead atoms. The lowest BCUT2D eigenvalue weighted by molar-refractivity contribution is -0.140. The molecule has 0 aliphatic carbocycles. The predicted octanol–water partition coefficient (Wildman–Crippen LogP) is 6.66. The molecule has 0 aliphatic heterocycles. The molecule has 1 atom stereocenters. The molecule has 230 valence electrons. The zero-order valence-electron chi connectivity index (χ0n) is 24.8. The second kappa shape index (κ2) is 14.8. The molecule has 4 rings (SSSR count). The number of carbonyl (C=O) groups is 2. The summed E-state index contributed by atoms with van der Waals surface area (Å²) in [6.07, 6.45) is 0.223. The van der Waals surface area contributed by atoms with Gasteiger partial charge in [-0.25, -0.2) is 8.42 Å². The molecule has 2 amide bonds. The van der Waals surface area contributed by atoms with Crippen LogP contribution in [0, 0.1) is 6.92 Å². The molecule has 1 N–H and O–H groups in total. The minimum Gasteiger partial charge on any atom is -0.352 e. The lowest BCUT2D eigenvalue weighted by Gasteiger charge is -2.34. The van der Waals surface area contributed by atoms with Crippen LogP contribution in [0.1, 0.15) is 30.5 Å². The summed E-state index contributed by atoms with van der Waals surface area (Å²) in [6, 6.07) is 28.1. The Morgan fingerprint density at radius 2 is 1.45 bits per heavy atom. The van der Waals surface area contributed by atoms with Crippen molar-refractivity contribution in [3.63, 3.8) is 0 Å². The van der Waals surface area contributed by atoms with E-state index in [9.17, 15) is 18.0 Å². The Morgan fingerprint density at radius 1 is 0.841 bits per heavy atom. The van der Waals surface area contributed by atoms with E-state index in [0.29, 0.717) is 0 Å². The van der Waals surface area contributed by atoms with Crippen LogP contribution in [0.4, 0.5) is 5.69 Å². The Labute approximate surface area is 269 Å². The number of halogens is 2. The number of sulfonamides is 1. The SMILES string of the molecule is Cc1ccccc1CN(C(=O)CN(c1cc(Cl)ccc1Cl)S(=O)(=O)c1ccccc1)[C@@H](Cc1ccccc1)C(=O)NC(C)C. The van der Waals surface area contributed by atoms with E-state index in [-0.39, 0.29) is 45.5 Å². The van der Waals surface area contributed by atoms with Gasteiger partial charge in [-0.1, -0.05) is 96.0 Å². The summed E-state index contributed by atoms with van der Waals surface area (Å²) < 4.78 is 29.1. The van der Waals surface area contributed by atoms with Gasteiger partial charge in [0.05, 0.1) is 15.6 Å². The monoisotopic (exact) mass is 651 g/mol. The number of nitrogens with one attached hydrogen (secondary N) is 1. The standard InChI is InChI=1S/C34H35Cl2N3O4S/c1-24(2)37-34(41)32(20-26-13-6-4-7-14-26)38(22-27-15-11-10-12-25(27)3)33(40)23-39(31-21-28(35)18-19-30(31)36)44(42,43)29-16-8-5-9-17-29/h4-19,21,24,32H,20,22-23H2,1-3H3,(H,37,41)/t32-/m0/s1. The molecule has 0 aliphatic rings. The van der Waals surface area contributed by atoms with Gasteiger partial charge >= 0.3 is 0 Å². The van der Waals surface area contributed by atoms with E-state index in [0.717, 1.165) is 21.0 Å². The third-order valence-electron chi connectivity index (χ3n) is 7.09. The molecule has 4 aromatic rings. The highest BCUT2D eigenvalue weighted by atomic mass is 35.5. The first kappa shape index (κ1) is 33.1. The van der Waals surface area contributed by atoms with Crippen LogP contribution in [0.3, 0.4) is 0 Å². The number of carbonyl (C=O) groups excluding carboxylic acids is 2. The molecule has 10 heteroatoms. The maximum absolute atomic E-state index is 14.5. The van der Waals surface area contributed by atoms with E-state index in [4.69, 9.17) is 23.2 Å². The van der Waals surface area contributed by atoms with Gasteiger partial charge < -0.3 is 10.2 Å². The topological polar surface area (TPSA) is 86.8 Å². The van der Waals surface area contributed by atoms with Crippen molar-refractivity contribution in [3.8, 4) is 0 Å². The van der Waals surface area contributed by atoms with Crippen molar-refractivity contribution < 1.29 is 18.0 Å². The van der Waals surface area contributed by atoms with E-state index in [1.54, 1.807) is 24.3 Å². The number of amides is 2. The number of rotatable bonds is 12. The van der Waals surface area contributed by atoms with Gasteiger partial charge in [0.2, 0.25) is 11.8 Å². The molecule has 0 radical (unpaired) electrons. The molecule has 7 nitrogen and oxygen atoms in total. The summed E-state index contributed by atoms with van der Waals surface area (Å²) >= 11 is 12.8. The predicted molar refractivity (Wildman–Crippen MR) is 176 cm³/mol. The molecule has 44 heavy (non-hydrogen) atoms. The molecule has 0 spiro atoms. The zero-order valence-corrected chi connectivity index (χ0v) is 27.1. The van der Waals surface area contributed by atoms with E-state index >= 15 is 0 Å². The molecule has 0 saturated carbocycles.